The van der Waals surface area contributed by atoms with Gasteiger partial charge in [-0.2, -0.15) is 0 Å². The van der Waals surface area contributed by atoms with Gasteiger partial charge in [0, 0.05) is 24.4 Å². The van der Waals surface area contributed by atoms with Crippen LogP contribution in [0.15, 0.2) is 47.6 Å². The van der Waals surface area contributed by atoms with Crippen molar-refractivity contribution in [1.29, 1.82) is 0 Å². The number of oxime groups is 1. The van der Waals surface area contributed by atoms with E-state index >= 15 is 0 Å². The first kappa shape index (κ1) is 20.2. The third kappa shape index (κ3) is 4.56. The first-order valence-corrected chi connectivity index (χ1v) is 10.1. The normalized spacial score (nSPS) is 17.8. The molecule has 0 bridgehead atoms. The number of benzene rings is 2. The molecule has 30 heavy (non-hydrogen) atoms. The summed E-state index contributed by atoms with van der Waals surface area (Å²) in [6, 6.07) is 11.9. The largest absolute Gasteiger partial charge is 0.493 e. The van der Waals surface area contributed by atoms with Gasteiger partial charge in [-0.3, -0.25) is 4.79 Å². The lowest BCUT2D eigenvalue weighted by Gasteiger charge is -2.25. The second kappa shape index (κ2) is 8.73. The average Bonchev–Trinajstić information content (AvgIpc) is 3.52. The van der Waals surface area contributed by atoms with Crippen molar-refractivity contribution in [3.05, 3.63) is 59.4 Å². The summed E-state index contributed by atoms with van der Waals surface area (Å²) in [4.78, 5) is 20.3. The zero-order chi connectivity index (χ0) is 21.1. The van der Waals surface area contributed by atoms with Crippen molar-refractivity contribution in [3.8, 4) is 11.5 Å². The molecule has 6 nitrogen and oxygen atoms in total. The van der Waals surface area contributed by atoms with E-state index in [9.17, 15) is 9.18 Å². The molecule has 0 aromatic heterocycles. The lowest BCUT2D eigenvalue weighted by Crippen LogP contribution is -2.38. The molecule has 2 aromatic rings. The van der Waals surface area contributed by atoms with Crippen LogP contribution in [0, 0.1) is 11.7 Å². The fourth-order valence-electron chi connectivity index (χ4n) is 3.59. The highest BCUT2D eigenvalue weighted by Gasteiger charge is 2.35. The van der Waals surface area contributed by atoms with Crippen molar-refractivity contribution < 1.29 is 23.5 Å². The predicted octanol–water partition coefficient (Wildman–Crippen LogP) is 3.77. The number of ether oxygens (including phenoxy) is 2. The maximum absolute atomic E-state index is 13.2. The minimum atomic E-state index is -0.286. The van der Waals surface area contributed by atoms with E-state index in [1.807, 2.05) is 23.1 Å². The van der Waals surface area contributed by atoms with Crippen molar-refractivity contribution in [3.63, 3.8) is 0 Å². The minimum Gasteiger partial charge on any atom is -0.493 e. The van der Waals surface area contributed by atoms with Gasteiger partial charge in [-0.1, -0.05) is 17.3 Å². The van der Waals surface area contributed by atoms with Crippen LogP contribution in [0.1, 0.15) is 30.4 Å². The van der Waals surface area contributed by atoms with E-state index in [0.717, 1.165) is 29.7 Å². The highest BCUT2D eigenvalue weighted by Crippen LogP contribution is 2.33. The van der Waals surface area contributed by atoms with Gasteiger partial charge < -0.3 is 19.2 Å². The number of hydrogen-bond donors (Lipinski definition) is 0. The van der Waals surface area contributed by atoms with E-state index in [-0.39, 0.29) is 23.7 Å². The van der Waals surface area contributed by atoms with Crippen LogP contribution in [0.2, 0.25) is 0 Å². The molecular formula is C23H25FN2O4. The summed E-state index contributed by atoms with van der Waals surface area (Å²) in [7, 11) is 3.19. The SMILES string of the molecule is COc1ccc(C2=NO[C@H](CN(Cc3ccc(F)cc3)C(=O)C3CC3)C2)cc1OC. The molecule has 0 N–H and O–H groups in total. The second-order valence-corrected chi connectivity index (χ2v) is 7.66. The molecule has 1 fully saturated rings. The van der Waals surface area contributed by atoms with E-state index in [2.05, 4.69) is 5.16 Å². The maximum atomic E-state index is 13.2. The third-order valence-electron chi connectivity index (χ3n) is 5.40. The summed E-state index contributed by atoms with van der Waals surface area (Å²) in [5.41, 5.74) is 2.60. The fraction of sp³-hybridized carbons (Fsp3) is 0.391. The van der Waals surface area contributed by atoms with Crippen LogP contribution in [0.3, 0.4) is 0 Å². The van der Waals surface area contributed by atoms with Gasteiger partial charge in [0.2, 0.25) is 5.91 Å². The Bertz CT molecular complexity index is 941. The van der Waals surface area contributed by atoms with E-state index in [0.29, 0.717) is 31.0 Å². The van der Waals surface area contributed by atoms with Crippen molar-refractivity contribution in [2.24, 2.45) is 11.1 Å². The Morgan fingerprint density at radius 2 is 1.87 bits per heavy atom. The maximum Gasteiger partial charge on any atom is 0.226 e. The van der Waals surface area contributed by atoms with Crippen molar-refractivity contribution >= 4 is 11.6 Å². The van der Waals surface area contributed by atoms with E-state index in [4.69, 9.17) is 14.3 Å². The molecule has 158 valence electrons. The number of rotatable bonds is 8. The topological polar surface area (TPSA) is 60.4 Å². The smallest absolute Gasteiger partial charge is 0.226 e. The number of nitrogens with zero attached hydrogens (tertiary/aromatic N) is 2. The van der Waals surface area contributed by atoms with Crippen LogP contribution >= 0.6 is 0 Å². The Morgan fingerprint density at radius 1 is 1.13 bits per heavy atom. The van der Waals surface area contributed by atoms with E-state index in [1.165, 1.54) is 12.1 Å². The molecule has 0 saturated heterocycles. The zero-order valence-corrected chi connectivity index (χ0v) is 17.1. The summed E-state index contributed by atoms with van der Waals surface area (Å²) in [6.07, 6.45) is 2.22. The molecule has 7 heteroatoms. The van der Waals surface area contributed by atoms with Gasteiger partial charge >= 0.3 is 0 Å². The predicted molar refractivity (Wildman–Crippen MR) is 110 cm³/mol. The lowest BCUT2D eigenvalue weighted by molar-refractivity contribution is -0.135. The summed E-state index contributed by atoms with van der Waals surface area (Å²) < 4.78 is 23.9. The molecule has 2 aromatic carbocycles. The first-order chi connectivity index (χ1) is 14.6. The number of hydrogen-bond acceptors (Lipinski definition) is 5. The molecule has 1 aliphatic carbocycles. The number of carbonyl (C=O) groups is 1. The van der Waals surface area contributed by atoms with Gasteiger partial charge in [0.15, 0.2) is 17.6 Å². The molecule has 1 aliphatic heterocycles. The van der Waals surface area contributed by atoms with E-state index < -0.39 is 0 Å². The third-order valence-corrected chi connectivity index (χ3v) is 5.40. The highest BCUT2D eigenvalue weighted by atomic mass is 19.1. The van der Waals surface area contributed by atoms with Gasteiger partial charge in [-0.05, 0) is 48.7 Å². The van der Waals surface area contributed by atoms with Crippen LogP contribution in [-0.2, 0) is 16.2 Å². The van der Waals surface area contributed by atoms with Crippen LogP contribution < -0.4 is 9.47 Å². The van der Waals surface area contributed by atoms with Gasteiger partial charge in [0.05, 0.1) is 26.5 Å². The fourth-order valence-corrected chi connectivity index (χ4v) is 3.59. The number of carbonyl (C=O) groups excluding carboxylic acids is 1. The molecule has 1 atom stereocenters. The number of amides is 1. The summed E-state index contributed by atoms with van der Waals surface area (Å²) in [5, 5.41) is 4.24. The van der Waals surface area contributed by atoms with Gasteiger partial charge in [0.1, 0.15) is 5.82 Å². The summed E-state index contributed by atoms with van der Waals surface area (Å²) >= 11 is 0. The Balaban J connectivity index is 1.43. The molecule has 2 aliphatic rings. The molecule has 4 rings (SSSR count). The van der Waals surface area contributed by atoms with Gasteiger partial charge in [0.25, 0.3) is 0 Å². The molecule has 0 spiro atoms. The van der Waals surface area contributed by atoms with Crippen molar-refractivity contribution in [1.82, 2.24) is 4.90 Å². The lowest BCUT2D eigenvalue weighted by atomic mass is 10.0. The van der Waals surface area contributed by atoms with Gasteiger partial charge in [-0.15, -0.1) is 0 Å². The number of halogens is 1. The minimum absolute atomic E-state index is 0.0955. The second-order valence-electron chi connectivity index (χ2n) is 7.66. The monoisotopic (exact) mass is 412 g/mol. The highest BCUT2D eigenvalue weighted by molar-refractivity contribution is 6.01. The Morgan fingerprint density at radius 3 is 2.53 bits per heavy atom. The Labute approximate surface area is 175 Å². The standard InChI is InChI=1S/C23H25FN2O4/c1-28-21-10-7-17(11-22(21)29-2)20-12-19(30-25-20)14-26(23(27)16-5-6-16)13-15-3-8-18(24)9-4-15/h3-4,7-11,16,19H,5-6,12-14H2,1-2H3/t19-/m0/s1. The van der Waals surface area contributed by atoms with Crippen LogP contribution in [0.4, 0.5) is 4.39 Å². The van der Waals surface area contributed by atoms with E-state index in [1.54, 1.807) is 26.4 Å². The van der Waals surface area contributed by atoms with Crippen LogP contribution in [-0.4, -0.2) is 43.4 Å². The molecular weight excluding hydrogens is 387 g/mol. The zero-order valence-electron chi connectivity index (χ0n) is 17.1. The van der Waals surface area contributed by atoms with Crippen molar-refractivity contribution in [2.45, 2.75) is 31.9 Å². The average molecular weight is 412 g/mol. The summed E-state index contributed by atoms with van der Waals surface area (Å²) in [6.45, 7) is 0.869. The molecule has 1 saturated carbocycles. The quantitative estimate of drug-likeness (QED) is 0.662. The van der Waals surface area contributed by atoms with Crippen molar-refractivity contribution in [2.75, 3.05) is 20.8 Å². The summed E-state index contributed by atoms with van der Waals surface area (Å²) in [5.74, 6) is 1.22. The van der Waals surface area contributed by atoms with Crippen LogP contribution in [0.25, 0.3) is 0 Å². The molecule has 1 amide bonds. The number of methoxy groups -OCH3 is 2. The molecule has 1 heterocycles. The Hall–Kier alpha value is -3.09. The molecule has 0 unspecified atom stereocenters. The van der Waals surface area contributed by atoms with Gasteiger partial charge in [-0.25, -0.2) is 4.39 Å². The first-order valence-electron chi connectivity index (χ1n) is 10.1. The Kier molecular flexibility index (Phi) is 5.88. The van der Waals surface area contributed by atoms with Crippen LogP contribution in [0.5, 0.6) is 11.5 Å². The molecule has 0 radical (unpaired) electrons.